The Bertz CT molecular complexity index is 823. The molecular weight excluding hydrogens is 266 g/mol. The van der Waals surface area contributed by atoms with Gasteiger partial charge in [0.15, 0.2) is 5.65 Å². The van der Waals surface area contributed by atoms with E-state index in [2.05, 4.69) is 20.4 Å². The second-order valence-corrected chi connectivity index (χ2v) is 4.91. The van der Waals surface area contributed by atoms with Gasteiger partial charge in [0, 0.05) is 18.9 Å². The molecule has 3 aromatic heterocycles. The SMILES string of the molecule is Cc1cc(C(=O)Nc2cccnc2)c2c(C)nn(C)c2n1. The van der Waals surface area contributed by atoms with E-state index >= 15 is 0 Å². The molecule has 21 heavy (non-hydrogen) atoms. The minimum atomic E-state index is -0.186. The molecule has 3 heterocycles. The number of nitrogens with one attached hydrogen (secondary N) is 1. The predicted octanol–water partition coefficient (Wildman–Crippen LogP) is 2.23. The Kier molecular flexibility index (Phi) is 3.13. The zero-order chi connectivity index (χ0) is 15.0. The molecule has 0 saturated carbocycles. The highest BCUT2D eigenvalue weighted by atomic mass is 16.1. The fourth-order valence-electron chi connectivity index (χ4n) is 2.38. The number of carbonyl (C=O) groups excluding carboxylic acids is 1. The summed E-state index contributed by atoms with van der Waals surface area (Å²) in [6, 6.07) is 5.35. The van der Waals surface area contributed by atoms with Crippen LogP contribution in [0.4, 0.5) is 5.69 Å². The summed E-state index contributed by atoms with van der Waals surface area (Å²) in [6.07, 6.45) is 3.27. The molecule has 3 rings (SSSR count). The molecule has 0 fully saturated rings. The number of hydrogen-bond donors (Lipinski definition) is 1. The van der Waals surface area contributed by atoms with Crippen molar-refractivity contribution >= 4 is 22.6 Å². The second-order valence-electron chi connectivity index (χ2n) is 4.91. The van der Waals surface area contributed by atoms with E-state index in [1.54, 1.807) is 35.3 Å². The van der Waals surface area contributed by atoms with Gasteiger partial charge in [0.05, 0.1) is 28.5 Å². The Morgan fingerprint density at radius 2 is 2.14 bits per heavy atom. The fourth-order valence-corrected chi connectivity index (χ4v) is 2.38. The molecule has 1 N–H and O–H groups in total. The number of hydrogen-bond acceptors (Lipinski definition) is 4. The zero-order valence-electron chi connectivity index (χ0n) is 12.1. The van der Waals surface area contributed by atoms with E-state index < -0.39 is 0 Å². The summed E-state index contributed by atoms with van der Waals surface area (Å²) >= 11 is 0. The van der Waals surface area contributed by atoms with E-state index in [4.69, 9.17) is 0 Å². The highest BCUT2D eigenvalue weighted by molar-refractivity contribution is 6.12. The molecule has 0 radical (unpaired) electrons. The highest BCUT2D eigenvalue weighted by Gasteiger charge is 2.17. The fraction of sp³-hybridized carbons (Fsp3) is 0.200. The number of carbonyl (C=O) groups is 1. The average molecular weight is 281 g/mol. The highest BCUT2D eigenvalue weighted by Crippen LogP contribution is 2.22. The lowest BCUT2D eigenvalue weighted by molar-refractivity contribution is 0.102. The lowest BCUT2D eigenvalue weighted by Gasteiger charge is -2.07. The minimum Gasteiger partial charge on any atom is -0.321 e. The molecule has 6 heteroatoms. The number of amides is 1. The van der Waals surface area contributed by atoms with Gasteiger partial charge in [0.2, 0.25) is 0 Å². The monoisotopic (exact) mass is 281 g/mol. The van der Waals surface area contributed by atoms with Crippen molar-refractivity contribution in [2.24, 2.45) is 7.05 Å². The molecule has 0 saturated heterocycles. The third kappa shape index (κ3) is 2.35. The van der Waals surface area contributed by atoms with Crippen LogP contribution in [0.1, 0.15) is 21.7 Å². The first-order valence-electron chi connectivity index (χ1n) is 6.58. The Morgan fingerprint density at radius 1 is 1.33 bits per heavy atom. The quantitative estimate of drug-likeness (QED) is 0.781. The number of fused-ring (bicyclic) bond motifs is 1. The largest absolute Gasteiger partial charge is 0.321 e. The van der Waals surface area contributed by atoms with Crippen molar-refractivity contribution in [2.45, 2.75) is 13.8 Å². The van der Waals surface area contributed by atoms with E-state index in [1.807, 2.05) is 20.9 Å². The van der Waals surface area contributed by atoms with Crippen LogP contribution in [0.2, 0.25) is 0 Å². The number of pyridine rings is 2. The van der Waals surface area contributed by atoms with Crippen molar-refractivity contribution in [3.63, 3.8) is 0 Å². The van der Waals surface area contributed by atoms with E-state index in [0.29, 0.717) is 16.9 Å². The third-order valence-corrected chi connectivity index (χ3v) is 3.26. The van der Waals surface area contributed by atoms with Gasteiger partial charge in [-0.25, -0.2) is 4.98 Å². The average Bonchev–Trinajstić information content (AvgIpc) is 2.74. The molecule has 3 aromatic rings. The maximum absolute atomic E-state index is 12.5. The summed E-state index contributed by atoms with van der Waals surface area (Å²) in [5.41, 5.74) is 3.51. The first kappa shape index (κ1) is 13.2. The molecule has 0 aromatic carbocycles. The molecule has 106 valence electrons. The molecule has 0 spiro atoms. The van der Waals surface area contributed by atoms with Crippen LogP contribution in [0, 0.1) is 13.8 Å². The van der Waals surface area contributed by atoms with Crippen LogP contribution in [0.5, 0.6) is 0 Å². The summed E-state index contributed by atoms with van der Waals surface area (Å²) in [6.45, 7) is 3.74. The van der Waals surface area contributed by atoms with Crippen molar-refractivity contribution in [1.29, 1.82) is 0 Å². The van der Waals surface area contributed by atoms with Crippen LogP contribution >= 0.6 is 0 Å². The molecule has 0 aliphatic carbocycles. The van der Waals surface area contributed by atoms with Gasteiger partial charge in [0.1, 0.15) is 0 Å². The maximum atomic E-state index is 12.5. The van der Waals surface area contributed by atoms with Crippen molar-refractivity contribution in [3.05, 3.63) is 47.5 Å². The van der Waals surface area contributed by atoms with Gasteiger partial charge < -0.3 is 5.32 Å². The van der Waals surface area contributed by atoms with Crippen molar-refractivity contribution in [2.75, 3.05) is 5.32 Å². The summed E-state index contributed by atoms with van der Waals surface area (Å²) in [5, 5.41) is 7.97. The summed E-state index contributed by atoms with van der Waals surface area (Å²) < 4.78 is 1.69. The smallest absolute Gasteiger partial charge is 0.256 e. The van der Waals surface area contributed by atoms with Gasteiger partial charge in [0.25, 0.3) is 5.91 Å². The molecular formula is C15H15N5O. The van der Waals surface area contributed by atoms with Crippen LogP contribution < -0.4 is 5.32 Å². The number of rotatable bonds is 2. The van der Waals surface area contributed by atoms with Crippen LogP contribution in [0.15, 0.2) is 30.6 Å². The maximum Gasteiger partial charge on any atom is 0.256 e. The number of aromatic nitrogens is 4. The zero-order valence-corrected chi connectivity index (χ0v) is 12.1. The van der Waals surface area contributed by atoms with Crippen molar-refractivity contribution < 1.29 is 4.79 Å². The van der Waals surface area contributed by atoms with Crippen LogP contribution in [-0.4, -0.2) is 25.7 Å². The standard InChI is InChI=1S/C15H15N5O/c1-9-7-12(13-10(2)19-20(3)14(13)17-9)15(21)18-11-5-4-6-16-8-11/h4-8H,1-3H3,(H,18,21). The number of anilines is 1. The second kappa shape index (κ2) is 4.97. The normalized spacial score (nSPS) is 10.8. The molecule has 0 aliphatic rings. The van der Waals surface area contributed by atoms with Gasteiger partial charge in [-0.1, -0.05) is 0 Å². The van der Waals surface area contributed by atoms with E-state index in [1.165, 1.54) is 0 Å². The topological polar surface area (TPSA) is 72.7 Å². The molecule has 0 atom stereocenters. The van der Waals surface area contributed by atoms with Gasteiger partial charge >= 0.3 is 0 Å². The summed E-state index contributed by atoms with van der Waals surface area (Å²) in [5.74, 6) is -0.186. The Balaban J connectivity index is 2.09. The number of aryl methyl sites for hydroxylation is 3. The van der Waals surface area contributed by atoms with E-state index in [9.17, 15) is 4.79 Å². The van der Waals surface area contributed by atoms with Crippen molar-refractivity contribution in [3.8, 4) is 0 Å². The van der Waals surface area contributed by atoms with Gasteiger partial charge in [-0.2, -0.15) is 5.10 Å². The molecule has 1 amide bonds. The van der Waals surface area contributed by atoms with Crippen LogP contribution in [0.25, 0.3) is 11.0 Å². The van der Waals surface area contributed by atoms with E-state index in [-0.39, 0.29) is 5.91 Å². The minimum absolute atomic E-state index is 0.186. The molecule has 0 bridgehead atoms. The Labute approximate surface area is 121 Å². The van der Waals surface area contributed by atoms with Crippen molar-refractivity contribution in [1.82, 2.24) is 19.7 Å². The first-order chi connectivity index (χ1) is 10.1. The number of nitrogens with zero attached hydrogens (tertiary/aromatic N) is 4. The summed E-state index contributed by atoms with van der Waals surface area (Å²) in [7, 11) is 1.82. The predicted molar refractivity (Wildman–Crippen MR) is 80.2 cm³/mol. The first-order valence-corrected chi connectivity index (χ1v) is 6.58. The lowest BCUT2D eigenvalue weighted by atomic mass is 10.1. The molecule has 6 nitrogen and oxygen atoms in total. The lowest BCUT2D eigenvalue weighted by Crippen LogP contribution is -2.13. The van der Waals surface area contributed by atoms with Gasteiger partial charge in [-0.3, -0.25) is 14.5 Å². The van der Waals surface area contributed by atoms with Gasteiger partial charge in [-0.15, -0.1) is 0 Å². The van der Waals surface area contributed by atoms with Crippen LogP contribution in [0.3, 0.4) is 0 Å². The third-order valence-electron chi connectivity index (χ3n) is 3.26. The Hall–Kier alpha value is -2.76. The van der Waals surface area contributed by atoms with Crippen LogP contribution in [-0.2, 0) is 7.05 Å². The molecule has 0 unspecified atom stereocenters. The Morgan fingerprint density at radius 3 is 2.86 bits per heavy atom. The van der Waals surface area contributed by atoms with E-state index in [0.717, 1.165) is 16.8 Å². The molecule has 0 aliphatic heterocycles. The van der Waals surface area contributed by atoms with Gasteiger partial charge in [-0.05, 0) is 32.0 Å². The summed E-state index contributed by atoms with van der Waals surface area (Å²) in [4.78, 5) is 21.0.